The second-order valence-corrected chi connectivity index (χ2v) is 10.2. The van der Waals surface area contributed by atoms with Gasteiger partial charge in [0.2, 0.25) is 11.8 Å². The summed E-state index contributed by atoms with van der Waals surface area (Å²) in [5.41, 5.74) is 2.24. The van der Waals surface area contributed by atoms with E-state index in [1.165, 1.54) is 17.8 Å². The molecule has 0 fully saturated rings. The molecule has 0 radical (unpaired) electrons. The van der Waals surface area contributed by atoms with E-state index in [0.717, 1.165) is 15.6 Å². The maximum atomic E-state index is 14.2. The van der Waals surface area contributed by atoms with Crippen LogP contribution in [0, 0.1) is 5.82 Å². The van der Waals surface area contributed by atoms with Crippen molar-refractivity contribution in [3.8, 4) is 0 Å². The zero-order chi connectivity index (χ0) is 25.2. The van der Waals surface area contributed by atoms with Crippen molar-refractivity contribution in [2.75, 3.05) is 12.3 Å². The minimum Gasteiger partial charge on any atom is -0.355 e. The number of amides is 2. The maximum absolute atomic E-state index is 14.2. The van der Waals surface area contributed by atoms with Crippen molar-refractivity contribution in [1.29, 1.82) is 0 Å². The number of carbonyl (C=O) groups is 2. The molecular formula is C27H27BrClFN2O2S. The lowest BCUT2D eigenvalue weighted by atomic mass is 10.0. The fourth-order valence-electron chi connectivity index (χ4n) is 3.63. The molecular weight excluding hydrogens is 551 g/mol. The Hall–Kier alpha value is -2.35. The van der Waals surface area contributed by atoms with E-state index < -0.39 is 11.9 Å². The molecule has 0 aliphatic rings. The molecule has 0 aliphatic heterocycles. The van der Waals surface area contributed by atoms with Crippen molar-refractivity contribution in [2.45, 2.75) is 31.7 Å². The summed E-state index contributed by atoms with van der Waals surface area (Å²) in [6.45, 7) is 2.60. The molecule has 0 heterocycles. The van der Waals surface area contributed by atoms with Crippen LogP contribution >= 0.6 is 39.3 Å². The molecule has 0 aromatic heterocycles. The number of nitrogens with zero attached hydrogens (tertiary/aromatic N) is 1. The van der Waals surface area contributed by atoms with Gasteiger partial charge in [-0.05, 0) is 42.3 Å². The average molecular weight is 578 g/mol. The van der Waals surface area contributed by atoms with Crippen LogP contribution in [0.25, 0.3) is 0 Å². The van der Waals surface area contributed by atoms with Gasteiger partial charge >= 0.3 is 0 Å². The molecule has 184 valence electrons. The van der Waals surface area contributed by atoms with Crippen molar-refractivity contribution < 1.29 is 14.0 Å². The zero-order valence-corrected chi connectivity index (χ0v) is 22.5. The number of rotatable bonds is 11. The Bertz CT molecular complexity index is 1110. The summed E-state index contributed by atoms with van der Waals surface area (Å²) in [6, 6.07) is 21.2. The Morgan fingerprint density at radius 3 is 2.40 bits per heavy atom. The molecule has 0 aliphatic carbocycles. The van der Waals surface area contributed by atoms with E-state index in [0.29, 0.717) is 23.6 Å². The minimum absolute atomic E-state index is 0.0892. The molecule has 2 amide bonds. The molecule has 8 heteroatoms. The molecule has 1 N–H and O–H groups in total. The standard InChI is InChI=1S/C27H27BrClFN2O2S/c1-2-31-27(34)25(15-19-7-4-3-5-8-19)32(16-20-11-13-21(28)14-12-20)26(33)18-35-17-22-23(29)9-6-10-24(22)30/h3-14,25H,2,15-18H2,1H3,(H,31,34). The van der Waals surface area contributed by atoms with E-state index in [2.05, 4.69) is 21.2 Å². The summed E-state index contributed by atoms with van der Waals surface area (Å²) >= 11 is 10.9. The number of halogens is 3. The van der Waals surface area contributed by atoms with Crippen LogP contribution in [0.15, 0.2) is 77.3 Å². The van der Waals surface area contributed by atoms with Crippen molar-refractivity contribution in [3.05, 3.63) is 105 Å². The molecule has 0 bridgehead atoms. The molecule has 0 spiro atoms. The number of likely N-dealkylation sites (N-methyl/N-ethyl adjacent to an activating group) is 1. The van der Waals surface area contributed by atoms with Crippen LogP contribution in [0.1, 0.15) is 23.6 Å². The number of benzene rings is 3. The zero-order valence-electron chi connectivity index (χ0n) is 19.3. The van der Waals surface area contributed by atoms with Crippen molar-refractivity contribution >= 4 is 51.1 Å². The summed E-state index contributed by atoms with van der Waals surface area (Å²) < 4.78 is 15.1. The quantitative estimate of drug-likeness (QED) is 0.293. The predicted octanol–water partition coefficient (Wildman–Crippen LogP) is 6.25. The van der Waals surface area contributed by atoms with Crippen LogP contribution in [0.4, 0.5) is 4.39 Å². The van der Waals surface area contributed by atoms with Gasteiger partial charge in [-0.2, -0.15) is 0 Å². The first-order valence-corrected chi connectivity index (χ1v) is 13.6. The third kappa shape index (κ3) is 8.09. The Kier molecular flexibility index (Phi) is 10.6. The van der Waals surface area contributed by atoms with Gasteiger partial charge in [-0.3, -0.25) is 9.59 Å². The fraction of sp³-hybridized carbons (Fsp3) is 0.259. The van der Waals surface area contributed by atoms with Gasteiger partial charge in [-0.25, -0.2) is 4.39 Å². The van der Waals surface area contributed by atoms with Gasteiger partial charge in [0, 0.05) is 40.3 Å². The monoisotopic (exact) mass is 576 g/mol. The second kappa shape index (κ2) is 13.7. The molecule has 3 aromatic carbocycles. The number of thioether (sulfide) groups is 1. The van der Waals surface area contributed by atoms with E-state index in [-0.39, 0.29) is 29.9 Å². The van der Waals surface area contributed by atoms with Gasteiger partial charge in [0.25, 0.3) is 0 Å². The molecule has 4 nitrogen and oxygen atoms in total. The molecule has 35 heavy (non-hydrogen) atoms. The fourth-order valence-corrected chi connectivity index (χ4v) is 5.14. The van der Waals surface area contributed by atoms with Gasteiger partial charge in [0.1, 0.15) is 11.9 Å². The van der Waals surface area contributed by atoms with Crippen LogP contribution in [0.5, 0.6) is 0 Å². The van der Waals surface area contributed by atoms with E-state index in [1.54, 1.807) is 17.0 Å². The van der Waals surface area contributed by atoms with Gasteiger partial charge in [0.05, 0.1) is 5.75 Å². The number of hydrogen-bond acceptors (Lipinski definition) is 3. The summed E-state index contributed by atoms with van der Waals surface area (Å²) in [7, 11) is 0. The van der Waals surface area contributed by atoms with Gasteiger partial charge in [-0.1, -0.05) is 76.1 Å². The third-order valence-corrected chi connectivity index (χ3v) is 7.25. The molecule has 3 aromatic rings. The molecule has 3 rings (SSSR count). The highest BCUT2D eigenvalue weighted by atomic mass is 79.9. The molecule has 0 saturated carbocycles. The van der Waals surface area contributed by atoms with Crippen LogP contribution in [-0.2, 0) is 28.3 Å². The first-order chi connectivity index (χ1) is 16.9. The Morgan fingerprint density at radius 1 is 1.03 bits per heavy atom. The number of nitrogens with one attached hydrogen (secondary N) is 1. The van der Waals surface area contributed by atoms with Gasteiger partial charge in [0.15, 0.2) is 0 Å². The smallest absolute Gasteiger partial charge is 0.243 e. The third-order valence-electron chi connectivity index (χ3n) is 5.42. The minimum atomic E-state index is -0.689. The first-order valence-electron chi connectivity index (χ1n) is 11.2. The molecule has 0 saturated heterocycles. The average Bonchev–Trinajstić information content (AvgIpc) is 2.85. The van der Waals surface area contributed by atoms with Gasteiger partial charge in [-0.15, -0.1) is 11.8 Å². The van der Waals surface area contributed by atoms with E-state index in [4.69, 9.17) is 11.6 Å². The van der Waals surface area contributed by atoms with Crippen LogP contribution < -0.4 is 5.32 Å². The molecule has 1 unspecified atom stereocenters. The first kappa shape index (κ1) is 27.2. The lowest BCUT2D eigenvalue weighted by Crippen LogP contribution is -2.51. The Morgan fingerprint density at radius 2 is 1.74 bits per heavy atom. The maximum Gasteiger partial charge on any atom is 0.243 e. The highest BCUT2D eigenvalue weighted by Gasteiger charge is 2.30. The normalized spacial score (nSPS) is 11.7. The SMILES string of the molecule is CCNC(=O)C(Cc1ccccc1)N(Cc1ccc(Br)cc1)C(=O)CSCc1c(F)cccc1Cl. The van der Waals surface area contributed by atoms with Gasteiger partial charge < -0.3 is 10.2 Å². The summed E-state index contributed by atoms with van der Waals surface area (Å²) in [5, 5.41) is 3.21. The predicted molar refractivity (Wildman–Crippen MR) is 145 cm³/mol. The van der Waals surface area contributed by atoms with Crippen molar-refractivity contribution in [3.63, 3.8) is 0 Å². The lowest BCUT2D eigenvalue weighted by Gasteiger charge is -2.31. The van der Waals surface area contributed by atoms with E-state index in [1.807, 2.05) is 61.5 Å². The van der Waals surface area contributed by atoms with Crippen LogP contribution in [0.3, 0.4) is 0 Å². The highest BCUT2D eigenvalue weighted by Crippen LogP contribution is 2.25. The van der Waals surface area contributed by atoms with Crippen LogP contribution in [0.2, 0.25) is 5.02 Å². The topological polar surface area (TPSA) is 49.4 Å². The number of hydrogen-bond donors (Lipinski definition) is 1. The van der Waals surface area contributed by atoms with E-state index in [9.17, 15) is 14.0 Å². The lowest BCUT2D eigenvalue weighted by molar-refractivity contribution is -0.139. The van der Waals surface area contributed by atoms with Crippen molar-refractivity contribution in [1.82, 2.24) is 10.2 Å². The van der Waals surface area contributed by atoms with Crippen LogP contribution in [-0.4, -0.2) is 35.1 Å². The summed E-state index contributed by atoms with van der Waals surface area (Å²) in [6.07, 6.45) is 0.388. The summed E-state index contributed by atoms with van der Waals surface area (Å²) in [4.78, 5) is 28.3. The summed E-state index contributed by atoms with van der Waals surface area (Å²) in [5.74, 6) is -0.449. The Labute approximate surface area is 223 Å². The second-order valence-electron chi connectivity index (χ2n) is 7.94. The number of carbonyl (C=O) groups excluding carboxylic acids is 2. The highest BCUT2D eigenvalue weighted by molar-refractivity contribution is 9.10. The molecule has 1 atom stereocenters. The van der Waals surface area contributed by atoms with Crippen molar-refractivity contribution in [2.24, 2.45) is 0 Å². The Balaban J connectivity index is 1.84. The largest absolute Gasteiger partial charge is 0.355 e. The van der Waals surface area contributed by atoms with E-state index >= 15 is 0 Å².